The predicted octanol–water partition coefficient (Wildman–Crippen LogP) is 1.57. The SMILES string of the molecule is CN(Cc1ccc(N(C)C)cc1)C(=O)CSc1n[nH]c(=O)n1C[C@@H]1CCCO1. The van der Waals surface area contributed by atoms with Crippen molar-refractivity contribution < 1.29 is 9.53 Å². The van der Waals surface area contributed by atoms with Crippen LogP contribution in [-0.4, -0.2) is 65.2 Å². The number of hydrogen-bond acceptors (Lipinski definition) is 6. The Morgan fingerprint density at radius 3 is 2.71 bits per heavy atom. The van der Waals surface area contributed by atoms with Crippen LogP contribution in [0, 0.1) is 0 Å². The molecule has 1 amide bonds. The lowest BCUT2D eigenvalue weighted by Gasteiger charge is -2.18. The molecule has 1 N–H and O–H groups in total. The van der Waals surface area contributed by atoms with Crippen molar-refractivity contribution in [3.8, 4) is 0 Å². The fourth-order valence-corrected chi connectivity index (χ4v) is 3.96. The van der Waals surface area contributed by atoms with Gasteiger partial charge in [0.25, 0.3) is 0 Å². The van der Waals surface area contributed by atoms with Crippen LogP contribution in [0.5, 0.6) is 0 Å². The molecule has 0 radical (unpaired) electrons. The molecule has 9 heteroatoms. The second-order valence-corrected chi connectivity index (χ2v) is 8.10. The van der Waals surface area contributed by atoms with E-state index < -0.39 is 0 Å². The zero-order valence-electron chi connectivity index (χ0n) is 16.6. The number of ether oxygens (including phenoxy) is 1. The second kappa shape index (κ2) is 9.29. The summed E-state index contributed by atoms with van der Waals surface area (Å²) in [5.74, 6) is 0.211. The van der Waals surface area contributed by atoms with Gasteiger partial charge in [-0.15, -0.1) is 5.10 Å². The molecule has 1 aliphatic rings. The number of thioether (sulfide) groups is 1. The largest absolute Gasteiger partial charge is 0.378 e. The van der Waals surface area contributed by atoms with Crippen LogP contribution in [0.3, 0.4) is 0 Å². The molecule has 8 nitrogen and oxygen atoms in total. The Morgan fingerprint density at radius 2 is 2.07 bits per heavy atom. The highest BCUT2D eigenvalue weighted by Gasteiger charge is 2.20. The molecule has 0 aliphatic carbocycles. The van der Waals surface area contributed by atoms with Crippen molar-refractivity contribution in [1.29, 1.82) is 0 Å². The number of nitrogens with one attached hydrogen (secondary N) is 1. The molecule has 1 atom stereocenters. The van der Waals surface area contributed by atoms with E-state index in [-0.39, 0.29) is 23.5 Å². The summed E-state index contributed by atoms with van der Waals surface area (Å²) < 4.78 is 7.16. The summed E-state index contributed by atoms with van der Waals surface area (Å²) >= 11 is 1.27. The third kappa shape index (κ3) is 5.17. The number of H-pyrrole nitrogens is 1. The van der Waals surface area contributed by atoms with Crippen LogP contribution in [0.2, 0.25) is 0 Å². The van der Waals surface area contributed by atoms with E-state index >= 15 is 0 Å². The van der Waals surface area contributed by atoms with E-state index in [9.17, 15) is 9.59 Å². The maximum absolute atomic E-state index is 12.5. The van der Waals surface area contributed by atoms with Crippen LogP contribution < -0.4 is 10.6 Å². The highest BCUT2D eigenvalue weighted by Crippen LogP contribution is 2.19. The topological polar surface area (TPSA) is 83.5 Å². The lowest BCUT2D eigenvalue weighted by molar-refractivity contribution is -0.127. The van der Waals surface area contributed by atoms with Crippen LogP contribution >= 0.6 is 11.8 Å². The summed E-state index contributed by atoms with van der Waals surface area (Å²) in [4.78, 5) is 28.2. The van der Waals surface area contributed by atoms with Gasteiger partial charge in [0.05, 0.1) is 18.4 Å². The van der Waals surface area contributed by atoms with Gasteiger partial charge in [-0.1, -0.05) is 23.9 Å². The average Bonchev–Trinajstić information content (AvgIpc) is 3.31. The Hall–Kier alpha value is -2.26. The first kappa shape index (κ1) is 20.5. The van der Waals surface area contributed by atoms with Crippen LogP contribution in [0.1, 0.15) is 18.4 Å². The highest BCUT2D eigenvalue weighted by atomic mass is 32.2. The van der Waals surface area contributed by atoms with Gasteiger partial charge in [0.1, 0.15) is 0 Å². The number of aromatic nitrogens is 3. The quantitative estimate of drug-likeness (QED) is 0.671. The van der Waals surface area contributed by atoms with Crippen LogP contribution in [0.15, 0.2) is 34.2 Å². The molecule has 1 saturated heterocycles. The Kier molecular flexibility index (Phi) is 6.79. The van der Waals surface area contributed by atoms with Crippen molar-refractivity contribution in [3.05, 3.63) is 40.3 Å². The average molecular weight is 406 g/mol. The van der Waals surface area contributed by atoms with E-state index in [1.165, 1.54) is 11.8 Å². The summed E-state index contributed by atoms with van der Waals surface area (Å²) in [5, 5.41) is 7.05. The molecule has 2 aromatic rings. The van der Waals surface area contributed by atoms with Crippen molar-refractivity contribution in [2.24, 2.45) is 0 Å². The number of amides is 1. The Balaban J connectivity index is 1.54. The number of carbonyl (C=O) groups excluding carboxylic acids is 1. The first-order valence-electron chi connectivity index (χ1n) is 9.34. The fourth-order valence-electron chi connectivity index (χ4n) is 3.06. The lowest BCUT2D eigenvalue weighted by atomic mass is 10.2. The predicted molar refractivity (Wildman–Crippen MR) is 110 cm³/mol. The number of nitrogens with zero attached hydrogens (tertiary/aromatic N) is 4. The number of rotatable bonds is 8. The van der Waals surface area contributed by atoms with Crippen molar-refractivity contribution in [2.45, 2.75) is 37.2 Å². The van der Waals surface area contributed by atoms with Gasteiger partial charge >= 0.3 is 5.69 Å². The van der Waals surface area contributed by atoms with Gasteiger partial charge in [0, 0.05) is 40.0 Å². The summed E-state index contributed by atoms with van der Waals surface area (Å²) in [6.07, 6.45) is 1.99. The van der Waals surface area contributed by atoms with E-state index in [0.717, 1.165) is 30.7 Å². The summed E-state index contributed by atoms with van der Waals surface area (Å²) in [5.41, 5.74) is 1.93. The lowest BCUT2D eigenvalue weighted by Crippen LogP contribution is -2.28. The summed E-state index contributed by atoms with van der Waals surface area (Å²) in [7, 11) is 5.78. The minimum absolute atomic E-state index is 0.0131. The summed E-state index contributed by atoms with van der Waals surface area (Å²) in [6.45, 7) is 1.74. The third-order valence-electron chi connectivity index (χ3n) is 4.76. The van der Waals surface area contributed by atoms with E-state index in [2.05, 4.69) is 10.2 Å². The molecule has 28 heavy (non-hydrogen) atoms. The molecule has 0 spiro atoms. The monoisotopic (exact) mass is 405 g/mol. The minimum Gasteiger partial charge on any atom is -0.378 e. The van der Waals surface area contributed by atoms with Gasteiger partial charge in [0.2, 0.25) is 5.91 Å². The Bertz CT molecular complexity index is 840. The molecule has 0 unspecified atom stereocenters. The van der Waals surface area contributed by atoms with E-state index in [1.807, 2.05) is 43.3 Å². The Morgan fingerprint density at radius 1 is 1.32 bits per heavy atom. The van der Waals surface area contributed by atoms with Gasteiger partial charge < -0.3 is 14.5 Å². The summed E-state index contributed by atoms with van der Waals surface area (Å²) in [6, 6.07) is 8.13. The normalized spacial score (nSPS) is 16.3. The number of carbonyl (C=O) groups is 1. The first-order valence-corrected chi connectivity index (χ1v) is 10.3. The fraction of sp³-hybridized carbons (Fsp3) is 0.526. The van der Waals surface area contributed by atoms with Crippen LogP contribution in [0.4, 0.5) is 5.69 Å². The zero-order valence-corrected chi connectivity index (χ0v) is 17.4. The maximum atomic E-state index is 12.5. The van der Waals surface area contributed by atoms with Crippen LogP contribution in [0.25, 0.3) is 0 Å². The molecule has 1 aromatic carbocycles. The van der Waals surface area contributed by atoms with Crippen molar-refractivity contribution in [2.75, 3.05) is 38.4 Å². The van der Waals surface area contributed by atoms with E-state index in [0.29, 0.717) is 18.2 Å². The van der Waals surface area contributed by atoms with Gasteiger partial charge in [-0.2, -0.15) is 0 Å². The second-order valence-electron chi connectivity index (χ2n) is 7.16. The van der Waals surface area contributed by atoms with Gasteiger partial charge in [-0.05, 0) is 30.5 Å². The molecule has 152 valence electrons. The van der Waals surface area contributed by atoms with Crippen molar-refractivity contribution >= 4 is 23.4 Å². The zero-order chi connectivity index (χ0) is 20.1. The highest BCUT2D eigenvalue weighted by molar-refractivity contribution is 7.99. The number of hydrogen-bond donors (Lipinski definition) is 1. The first-order chi connectivity index (χ1) is 13.4. The van der Waals surface area contributed by atoms with Gasteiger partial charge in [0.15, 0.2) is 5.16 Å². The molecular weight excluding hydrogens is 378 g/mol. The van der Waals surface area contributed by atoms with Crippen LogP contribution in [-0.2, 0) is 22.6 Å². The van der Waals surface area contributed by atoms with E-state index in [1.54, 1.807) is 16.5 Å². The number of anilines is 1. The number of benzene rings is 1. The Labute approximate surface area is 168 Å². The molecule has 0 bridgehead atoms. The third-order valence-corrected chi connectivity index (χ3v) is 5.72. The molecule has 1 fully saturated rings. The maximum Gasteiger partial charge on any atom is 0.344 e. The van der Waals surface area contributed by atoms with Gasteiger partial charge in [-0.25, -0.2) is 9.89 Å². The van der Waals surface area contributed by atoms with Crippen molar-refractivity contribution in [1.82, 2.24) is 19.7 Å². The van der Waals surface area contributed by atoms with E-state index in [4.69, 9.17) is 4.74 Å². The van der Waals surface area contributed by atoms with Crippen molar-refractivity contribution in [3.63, 3.8) is 0 Å². The number of aromatic amines is 1. The molecular formula is C19H27N5O3S. The molecule has 2 heterocycles. The smallest absolute Gasteiger partial charge is 0.344 e. The minimum atomic E-state index is -0.264. The molecule has 1 aliphatic heterocycles. The molecule has 0 saturated carbocycles. The molecule has 1 aromatic heterocycles. The molecule has 3 rings (SSSR count). The van der Waals surface area contributed by atoms with Gasteiger partial charge in [-0.3, -0.25) is 9.36 Å². The standard InChI is InChI=1S/C19H27N5O3S/c1-22(2)15-8-6-14(7-9-15)11-23(3)17(25)13-28-19-21-20-18(26)24(19)12-16-5-4-10-27-16/h6-9,16H,4-5,10-13H2,1-3H3,(H,20,26)/t16-/m0/s1.